The van der Waals surface area contributed by atoms with Crippen molar-refractivity contribution in [1.29, 1.82) is 0 Å². The monoisotopic (exact) mass is 328 g/mol. The standard InChI is InChI=1S/C19H36O4/c1-9-14(12-22-16(20)18(3,4)5)11-15(10-2)13-23-17(21)19(6,7)8/h14-15H,9-13H2,1-8H3. The van der Waals surface area contributed by atoms with Crippen LogP contribution >= 0.6 is 0 Å². The van der Waals surface area contributed by atoms with E-state index >= 15 is 0 Å². The van der Waals surface area contributed by atoms with Crippen LogP contribution in [0.1, 0.15) is 74.7 Å². The highest BCUT2D eigenvalue weighted by atomic mass is 16.5. The van der Waals surface area contributed by atoms with E-state index in [1.807, 2.05) is 41.5 Å². The second kappa shape index (κ2) is 9.29. The molecule has 0 bridgehead atoms. The molecule has 0 saturated carbocycles. The molecule has 0 N–H and O–H groups in total. The Morgan fingerprint density at radius 3 is 1.26 bits per heavy atom. The van der Waals surface area contributed by atoms with E-state index in [1.54, 1.807) is 0 Å². The van der Waals surface area contributed by atoms with Crippen molar-refractivity contribution in [2.24, 2.45) is 22.7 Å². The third kappa shape index (κ3) is 8.97. The molecule has 4 nitrogen and oxygen atoms in total. The predicted molar refractivity (Wildman–Crippen MR) is 93.0 cm³/mol. The van der Waals surface area contributed by atoms with Crippen molar-refractivity contribution < 1.29 is 19.1 Å². The van der Waals surface area contributed by atoms with Crippen LogP contribution in [0, 0.1) is 22.7 Å². The third-order valence-corrected chi connectivity index (χ3v) is 3.95. The fourth-order valence-corrected chi connectivity index (χ4v) is 2.00. The normalized spacial score (nSPS) is 15.0. The fraction of sp³-hybridized carbons (Fsp3) is 0.895. The number of hydrogen-bond acceptors (Lipinski definition) is 4. The molecule has 0 amide bonds. The van der Waals surface area contributed by atoms with Crippen LogP contribution in [0.15, 0.2) is 0 Å². The van der Waals surface area contributed by atoms with Gasteiger partial charge in [-0.1, -0.05) is 26.7 Å². The highest BCUT2D eigenvalue weighted by molar-refractivity contribution is 5.75. The first-order valence-corrected chi connectivity index (χ1v) is 8.76. The molecular weight excluding hydrogens is 292 g/mol. The Hall–Kier alpha value is -1.06. The molecule has 0 spiro atoms. The maximum absolute atomic E-state index is 11.9. The third-order valence-electron chi connectivity index (χ3n) is 3.95. The molecular formula is C19H36O4. The molecule has 0 fully saturated rings. The number of carbonyl (C=O) groups excluding carboxylic acids is 2. The Bertz CT molecular complexity index is 338. The zero-order valence-electron chi connectivity index (χ0n) is 16.3. The van der Waals surface area contributed by atoms with E-state index < -0.39 is 10.8 Å². The van der Waals surface area contributed by atoms with Gasteiger partial charge in [0.25, 0.3) is 0 Å². The summed E-state index contributed by atoms with van der Waals surface area (Å²) in [6.45, 7) is 16.2. The van der Waals surface area contributed by atoms with Gasteiger partial charge in [0.15, 0.2) is 0 Å². The van der Waals surface area contributed by atoms with Gasteiger partial charge in [-0.2, -0.15) is 0 Å². The lowest BCUT2D eigenvalue weighted by molar-refractivity contribution is -0.155. The maximum Gasteiger partial charge on any atom is 0.311 e. The molecule has 0 aliphatic carbocycles. The molecule has 0 aromatic heterocycles. The van der Waals surface area contributed by atoms with Crippen molar-refractivity contribution >= 4 is 11.9 Å². The summed E-state index contributed by atoms with van der Waals surface area (Å²) < 4.78 is 10.9. The number of hydrogen-bond donors (Lipinski definition) is 0. The Kier molecular flexibility index (Phi) is 8.86. The largest absolute Gasteiger partial charge is 0.465 e. The van der Waals surface area contributed by atoms with Gasteiger partial charge in [0, 0.05) is 0 Å². The summed E-state index contributed by atoms with van der Waals surface area (Å²) in [5.74, 6) is 0.283. The quantitative estimate of drug-likeness (QED) is 0.611. The van der Waals surface area contributed by atoms with E-state index in [2.05, 4.69) is 13.8 Å². The molecule has 2 unspecified atom stereocenters. The number of carbonyl (C=O) groups is 2. The van der Waals surface area contributed by atoms with Crippen LogP contribution in [-0.2, 0) is 19.1 Å². The summed E-state index contributed by atoms with van der Waals surface area (Å²) in [6.07, 6.45) is 2.80. The maximum atomic E-state index is 11.9. The van der Waals surface area contributed by atoms with Crippen LogP contribution in [0.25, 0.3) is 0 Å². The minimum atomic E-state index is -0.468. The molecule has 0 heterocycles. The summed E-state index contributed by atoms with van der Waals surface area (Å²) in [7, 11) is 0. The predicted octanol–water partition coefficient (Wildman–Crippen LogP) is 4.61. The van der Waals surface area contributed by atoms with Crippen LogP contribution in [0.2, 0.25) is 0 Å². The summed E-state index contributed by atoms with van der Waals surface area (Å²) in [4.78, 5) is 23.7. The number of rotatable bonds is 8. The van der Waals surface area contributed by atoms with Crippen molar-refractivity contribution in [1.82, 2.24) is 0 Å². The van der Waals surface area contributed by atoms with Crippen molar-refractivity contribution in [2.45, 2.75) is 74.7 Å². The van der Waals surface area contributed by atoms with Crippen LogP contribution in [-0.4, -0.2) is 25.2 Å². The molecule has 136 valence electrons. The molecule has 0 aromatic rings. The van der Waals surface area contributed by atoms with Gasteiger partial charge in [-0.25, -0.2) is 0 Å². The van der Waals surface area contributed by atoms with Gasteiger partial charge in [0.2, 0.25) is 0 Å². The van der Waals surface area contributed by atoms with Crippen LogP contribution in [0.4, 0.5) is 0 Å². The average molecular weight is 328 g/mol. The Morgan fingerprint density at radius 1 is 0.739 bits per heavy atom. The zero-order chi connectivity index (χ0) is 18.3. The first kappa shape index (κ1) is 21.9. The molecule has 0 rings (SSSR count). The lowest BCUT2D eigenvalue weighted by atomic mass is 9.91. The molecule has 0 aromatic carbocycles. The summed E-state index contributed by atoms with van der Waals surface area (Å²) in [5, 5.41) is 0. The Morgan fingerprint density at radius 2 is 1.04 bits per heavy atom. The second-order valence-electron chi connectivity index (χ2n) is 8.48. The van der Waals surface area contributed by atoms with Gasteiger partial charge in [-0.15, -0.1) is 0 Å². The Labute approximate surface area is 142 Å². The molecule has 2 atom stereocenters. The summed E-state index contributed by atoms with van der Waals surface area (Å²) in [6, 6.07) is 0. The average Bonchev–Trinajstić information content (AvgIpc) is 2.43. The first-order chi connectivity index (χ1) is 10.4. The van der Waals surface area contributed by atoms with Crippen molar-refractivity contribution in [3.63, 3.8) is 0 Å². The van der Waals surface area contributed by atoms with E-state index in [0.29, 0.717) is 25.0 Å². The van der Waals surface area contributed by atoms with Crippen LogP contribution < -0.4 is 0 Å². The van der Waals surface area contributed by atoms with Gasteiger partial charge in [-0.05, 0) is 59.8 Å². The lowest BCUT2D eigenvalue weighted by Crippen LogP contribution is -2.28. The van der Waals surface area contributed by atoms with Crippen LogP contribution in [0.5, 0.6) is 0 Å². The summed E-state index contributed by atoms with van der Waals surface area (Å²) >= 11 is 0. The van der Waals surface area contributed by atoms with Gasteiger partial charge in [-0.3, -0.25) is 9.59 Å². The lowest BCUT2D eigenvalue weighted by Gasteiger charge is -2.25. The Balaban J connectivity index is 4.41. The molecule has 0 aliphatic heterocycles. The molecule has 0 radical (unpaired) electrons. The molecule has 0 saturated heterocycles. The highest BCUT2D eigenvalue weighted by Crippen LogP contribution is 2.23. The first-order valence-electron chi connectivity index (χ1n) is 8.76. The van der Waals surface area contributed by atoms with Crippen molar-refractivity contribution in [3.8, 4) is 0 Å². The number of esters is 2. The fourth-order valence-electron chi connectivity index (χ4n) is 2.00. The van der Waals surface area contributed by atoms with E-state index in [4.69, 9.17) is 9.47 Å². The van der Waals surface area contributed by atoms with Gasteiger partial charge < -0.3 is 9.47 Å². The number of ether oxygens (including phenoxy) is 2. The topological polar surface area (TPSA) is 52.6 Å². The minimum absolute atomic E-state index is 0.164. The molecule has 0 aliphatic rings. The summed E-state index contributed by atoms with van der Waals surface area (Å²) in [5.41, 5.74) is -0.935. The highest BCUT2D eigenvalue weighted by Gasteiger charge is 2.26. The van der Waals surface area contributed by atoms with E-state index in [0.717, 1.165) is 19.3 Å². The van der Waals surface area contributed by atoms with E-state index in [9.17, 15) is 9.59 Å². The minimum Gasteiger partial charge on any atom is -0.465 e. The van der Waals surface area contributed by atoms with Gasteiger partial charge in [0.05, 0.1) is 24.0 Å². The SMILES string of the molecule is CCC(COC(=O)C(C)(C)C)CC(CC)COC(=O)C(C)(C)C. The van der Waals surface area contributed by atoms with Gasteiger partial charge in [0.1, 0.15) is 0 Å². The van der Waals surface area contributed by atoms with Crippen molar-refractivity contribution in [2.75, 3.05) is 13.2 Å². The van der Waals surface area contributed by atoms with E-state index in [1.165, 1.54) is 0 Å². The van der Waals surface area contributed by atoms with Crippen molar-refractivity contribution in [3.05, 3.63) is 0 Å². The van der Waals surface area contributed by atoms with E-state index in [-0.39, 0.29) is 11.9 Å². The zero-order valence-corrected chi connectivity index (χ0v) is 16.3. The molecule has 4 heteroatoms. The van der Waals surface area contributed by atoms with Crippen LogP contribution in [0.3, 0.4) is 0 Å². The second-order valence-corrected chi connectivity index (χ2v) is 8.48. The molecule has 23 heavy (non-hydrogen) atoms. The van der Waals surface area contributed by atoms with Gasteiger partial charge >= 0.3 is 11.9 Å². The smallest absolute Gasteiger partial charge is 0.311 e.